The molecule has 0 aliphatic carbocycles. The highest BCUT2D eigenvalue weighted by molar-refractivity contribution is 6.04. The third-order valence-electron chi connectivity index (χ3n) is 5.83. The van der Waals surface area contributed by atoms with Crippen molar-refractivity contribution in [1.29, 1.82) is 0 Å². The zero-order valence-corrected chi connectivity index (χ0v) is 19.6. The van der Waals surface area contributed by atoms with Gasteiger partial charge in [0.05, 0.1) is 13.2 Å². The second-order valence-corrected chi connectivity index (χ2v) is 8.39. The second-order valence-electron chi connectivity index (χ2n) is 8.39. The van der Waals surface area contributed by atoms with Crippen LogP contribution in [0, 0.1) is 6.92 Å². The Morgan fingerprint density at radius 2 is 1.49 bits per heavy atom. The first-order chi connectivity index (χ1) is 17.1. The lowest BCUT2D eigenvalue weighted by Gasteiger charge is -2.28. The molecule has 7 nitrogen and oxygen atoms in total. The Kier molecular flexibility index (Phi) is 6.68. The van der Waals surface area contributed by atoms with Gasteiger partial charge in [0, 0.05) is 41.8 Å². The van der Waals surface area contributed by atoms with Crippen LogP contribution in [0.5, 0.6) is 0 Å². The molecule has 7 heteroatoms. The largest absolute Gasteiger partial charge is 0.378 e. The van der Waals surface area contributed by atoms with E-state index in [0.717, 1.165) is 41.4 Å². The number of aryl methyl sites for hydroxylation is 1. The van der Waals surface area contributed by atoms with Gasteiger partial charge in [-0.25, -0.2) is 4.98 Å². The highest BCUT2D eigenvalue weighted by Gasteiger charge is 2.14. The van der Waals surface area contributed by atoms with Gasteiger partial charge in [0.2, 0.25) is 5.95 Å². The number of anilines is 4. The summed E-state index contributed by atoms with van der Waals surface area (Å²) in [6.07, 6.45) is 0. The number of hydrogen-bond acceptors (Lipinski definition) is 6. The van der Waals surface area contributed by atoms with Crippen molar-refractivity contribution in [3.8, 4) is 11.1 Å². The standard InChI is InChI=1S/C28H27N5O2/c1-20-19-26(33-15-17-35-18-16-33)32-28(29-20)31-25-13-11-24(12-14-25)30-27(34)23-9-7-22(8-10-23)21-5-3-2-4-6-21/h2-14,19H,15-18H2,1H3,(H,30,34)(H,29,31,32). The van der Waals surface area contributed by atoms with E-state index in [2.05, 4.69) is 37.6 Å². The number of amides is 1. The third kappa shape index (κ3) is 5.65. The van der Waals surface area contributed by atoms with Crippen molar-refractivity contribution in [3.63, 3.8) is 0 Å². The summed E-state index contributed by atoms with van der Waals surface area (Å²) in [5, 5.41) is 6.22. The predicted molar refractivity (Wildman–Crippen MR) is 139 cm³/mol. The minimum atomic E-state index is -0.150. The molecule has 0 spiro atoms. The number of aromatic nitrogens is 2. The molecule has 0 radical (unpaired) electrons. The Hall–Kier alpha value is -4.23. The van der Waals surface area contributed by atoms with Crippen LogP contribution in [0.4, 0.5) is 23.1 Å². The molecular weight excluding hydrogens is 438 g/mol. The number of rotatable bonds is 6. The topological polar surface area (TPSA) is 79.4 Å². The Labute approximate surface area is 204 Å². The maximum Gasteiger partial charge on any atom is 0.255 e. The van der Waals surface area contributed by atoms with Crippen LogP contribution in [0.3, 0.4) is 0 Å². The molecule has 1 fully saturated rings. The van der Waals surface area contributed by atoms with Crippen LogP contribution in [0.2, 0.25) is 0 Å². The molecule has 3 aromatic carbocycles. The Morgan fingerprint density at radius 3 is 2.20 bits per heavy atom. The summed E-state index contributed by atoms with van der Waals surface area (Å²) < 4.78 is 5.44. The fourth-order valence-electron chi connectivity index (χ4n) is 3.98. The van der Waals surface area contributed by atoms with Crippen molar-refractivity contribution in [2.24, 2.45) is 0 Å². The van der Waals surface area contributed by atoms with Gasteiger partial charge >= 0.3 is 0 Å². The number of morpholine rings is 1. The van der Waals surface area contributed by atoms with Gasteiger partial charge in [-0.05, 0) is 54.4 Å². The maximum absolute atomic E-state index is 12.7. The average Bonchev–Trinajstić information content (AvgIpc) is 2.90. The molecule has 0 saturated carbocycles. The smallest absolute Gasteiger partial charge is 0.255 e. The van der Waals surface area contributed by atoms with Gasteiger partial charge in [0.25, 0.3) is 5.91 Å². The molecule has 1 amide bonds. The van der Waals surface area contributed by atoms with Gasteiger partial charge in [-0.3, -0.25) is 4.79 Å². The van der Waals surface area contributed by atoms with E-state index in [9.17, 15) is 4.79 Å². The zero-order chi connectivity index (χ0) is 24.0. The van der Waals surface area contributed by atoms with Crippen molar-refractivity contribution in [2.75, 3.05) is 41.8 Å². The molecule has 1 aliphatic heterocycles. The number of nitrogens with zero attached hydrogens (tertiary/aromatic N) is 3. The van der Waals surface area contributed by atoms with Crippen LogP contribution in [-0.4, -0.2) is 42.2 Å². The molecular formula is C28H27N5O2. The molecule has 1 aliphatic rings. The van der Waals surface area contributed by atoms with E-state index in [-0.39, 0.29) is 5.91 Å². The summed E-state index contributed by atoms with van der Waals surface area (Å²) >= 11 is 0. The van der Waals surface area contributed by atoms with E-state index in [4.69, 9.17) is 4.74 Å². The lowest BCUT2D eigenvalue weighted by Crippen LogP contribution is -2.36. The van der Waals surface area contributed by atoms with Gasteiger partial charge in [0.15, 0.2) is 0 Å². The zero-order valence-electron chi connectivity index (χ0n) is 19.6. The maximum atomic E-state index is 12.7. The van der Waals surface area contributed by atoms with Gasteiger partial charge in [-0.1, -0.05) is 42.5 Å². The number of hydrogen-bond donors (Lipinski definition) is 2. The average molecular weight is 466 g/mol. The molecule has 176 valence electrons. The first-order valence-electron chi connectivity index (χ1n) is 11.7. The molecule has 0 atom stereocenters. The highest BCUT2D eigenvalue weighted by atomic mass is 16.5. The fraction of sp³-hybridized carbons (Fsp3) is 0.179. The van der Waals surface area contributed by atoms with Crippen LogP contribution < -0.4 is 15.5 Å². The van der Waals surface area contributed by atoms with Crippen molar-refractivity contribution >= 4 is 29.0 Å². The number of nitrogens with one attached hydrogen (secondary N) is 2. The molecule has 2 N–H and O–H groups in total. The van der Waals surface area contributed by atoms with E-state index < -0.39 is 0 Å². The predicted octanol–water partition coefficient (Wildman–Crippen LogP) is 5.28. The fourth-order valence-corrected chi connectivity index (χ4v) is 3.98. The molecule has 0 bridgehead atoms. The number of benzene rings is 3. The molecule has 1 saturated heterocycles. The summed E-state index contributed by atoms with van der Waals surface area (Å²) in [6.45, 7) is 5.01. The lowest BCUT2D eigenvalue weighted by atomic mass is 10.0. The van der Waals surface area contributed by atoms with Crippen LogP contribution in [-0.2, 0) is 4.74 Å². The molecule has 35 heavy (non-hydrogen) atoms. The molecule has 0 unspecified atom stereocenters. The van der Waals surface area contributed by atoms with Gasteiger partial charge < -0.3 is 20.3 Å². The number of carbonyl (C=O) groups is 1. The lowest BCUT2D eigenvalue weighted by molar-refractivity contribution is 0.102. The van der Waals surface area contributed by atoms with Crippen molar-refractivity contribution in [3.05, 3.63) is 96.2 Å². The Balaban J connectivity index is 1.22. The van der Waals surface area contributed by atoms with Crippen LogP contribution in [0.25, 0.3) is 11.1 Å². The summed E-state index contributed by atoms with van der Waals surface area (Å²) in [4.78, 5) is 24.1. The van der Waals surface area contributed by atoms with Crippen molar-refractivity contribution < 1.29 is 9.53 Å². The highest BCUT2D eigenvalue weighted by Crippen LogP contribution is 2.22. The minimum Gasteiger partial charge on any atom is -0.378 e. The molecule has 4 aromatic rings. The van der Waals surface area contributed by atoms with Crippen molar-refractivity contribution in [2.45, 2.75) is 6.92 Å². The second kappa shape index (κ2) is 10.4. The minimum absolute atomic E-state index is 0.150. The van der Waals surface area contributed by atoms with Crippen LogP contribution in [0.1, 0.15) is 16.1 Å². The Bertz CT molecular complexity index is 1290. The quantitative estimate of drug-likeness (QED) is 0.403. The molecule has 5 rings (SSSR count). The van der Waals surface area contributed by atoms with E-state index in [1.165, 1.54) is 0 Å². The third-order valence-corrected chi connectivity index (χ3v) is 5.83. The SMILES string of the molecule is Cc1cc(N2CCOCC2)nc(Nc2ccc(NC(=O)c3ccc(-c4ccccc4)cc3)cc2)n1. The van der Waals surface area contributed by atoms with Crippen molar-refractivity contribution in [1.82, 2.24) is 9.97 Å². The Morgan fingerprint density at radius 1 is 0.829 bits per heavy atom. The summed E-state index contributed by atoms with van der Waals surface area (Å²) in [5.74, 6) is 1.29. The summed E-state index contributed by atoms with van der Waals surface area (Å²) in [7, 11) is 0. The number of ether oxygens (including phenoxy) is 1. The van der Waals surface area contributed by atoms with Crippen LogP contribution >= 0.6 is 0 Å². The van der Waals surface area contributed by atoms with E-state index in [1.54, 1.807) is 0 Å². The van der Waals surface area contributed by atoms with Gasteiger partial charge in [0.1, 0.15) is 5.82 Å². The van der Waals surface area contributed by atoms with Gasteiger partial charge in [-0.2, -0.15) is 4.98 Å². The summed E-state index contributed by atoms with van der Waals surface area (Å²) in [5.41, 5.74) is 5.26. The van der Waals surface area contributed by atoms with Gasteiger partial charge in [-0.15, -0.1) is 0 Å². The van der Waals surface area contributed by atoms with E-state index in [0.29, 0.717) is 30.4 Å². The normalized spacial score (nSPS) is 13.3. The monoisotopic (exact) mass is 465 g/mol. The molecule has 1 aromatic heterocycles. The van der Waals surface area contributed by atoms with Crippen LogP contribution in [0.15, 0.2) is 84.9 Å². The number of carbonyl (C=O) groups excluding carboxylic acids is 1. The summed E-state index contributed by atoms with van der Waals surface area (Å²) in [6, 6.07) is 27.2. The van der Waals surface area contributed by atoms with E-state index in [1.807, 2.05) is 79.7 Å². The first-order valence-corrected chi connectivity index (χ1v) is 11.7. The molecule has 2 heterocycles. The first kappa shape index (κ1) is 22.6. The van der Waals surface area contributed by atoms with E-state index >= 15 is 0 Å².